The molecule has 2 atom stereocenters. The fraction of sp³-hybridized carbons (Fsp3) is 0.500. The lowest BCUT2D eigenvalue weighted by Crippen LogP contribution is -2.28. The summed E-state index contributed by atoms with van der Waals surface area (Å²) in [6, 6.07) is 10.4. The molecule has 0 radical (unpaired) electrons. The SMILES string of the molecule is NC[C@H]1CCCO[C@@H]1c1ccccc1. The van der Waals surface area contributed by atoms with Gasteiger partial charge in [0.15, 0.2) is 0 Å². The second-order valence-corrected chi connectivity index (χ2v) is 3.84. The Labute approximate surface area is 85.1 Å². The monoisotopic (exact) mass is 191 g/mol. The highest BCUT2D eigenvalue weighted by Crippen LogP contribution is 2.32. The minimum atomic E-state index is 0.218. The van der Waals surface area contributed by atoms with E-state index in [1.54, 1.807) is 0 Å². The summed E-state index contributed by atoms with van der Waals surface area (Å²) in [7, 11) is 0. The van der Waals surface area contributed by atoms with Crippen molar-refractivity contribution in [3.63, 3.8) is 0 Å². The summed E-state index contributed by atoms with van der Waals surface area (Å²) in [6.45, 7) is 1.59. The summed E-state index contributed by atoms with van der Waals surface area (Å²) < 4.78 is 5.79. The van der Waals surface area contributed by atoms with Crippen molar-refractivity contribution in [2.24, 2.45) is 11.7 Å². The lowest BCUT2D eigenvalue weighted by Gasteiger charge is -2.31. The fourth-order valence-corrected chi connectivity index (χ4v) is 2.10. The maximum Gasteiger partial charge on any atom is 0.0865 e. The van der Waals surface area contributed by atoms with Gasteiger partial charge in [0.2, 0.25) is 0 Å². The zero-order valence-corrected chi connectivity index (χ0v) is 8.36. The van der Waals surface area contributed by atoms with Crippen LogP contribution in [-0.4, -0.2) is 13.2 Å². The van der Waals surface area contributed by atoms with E-state index in [1.165, 1.54) is 12.0 Å². The quantitative estimate of drug-likeness (QED) is 0.777. The molecule has 14 heavy (non-hydrogen) atoms. The van der Waals surface area contributed by atoms with Gasteiger partial charge in [0.05, 0.1) is 6.10 Å². The van der Waals surface area contributed by atoms with Crippen LogP contribution in [0, 0.1) is 5.92 Å². The Kier molecular flexibility index (Phi) is 3.17. The topological polar surface area (TPSA) is 35.2 Å². The molecule has 1 aliphatic heterocycles. The van der Waals surface area contributed by atoms with Crippen molar-refractivity contribution in [1.29, 1.82) is 0 Å². The van der Waals surface area contributed by atoms with Gasteiger partial charge in [-0.2, -0.15) is 0 Å². The second-order valence-electron chi connectivity index (χ2n) is 3.84. The van der Waals surface area contributed by atoms with Crippen molar-refractivity contribution >= 4 is 0 Å². The maximum atomic E-state index is 5.79. The molecule has 0 aliphatic carbocycles. The minimum Gasteiger partial charge on any atom is -0.373 e. The predicted molar refractivity (Wildman–Crippen MR) is 56.9 cm³/mol. The zero-order valence-electron chi connectivity index (χ0n) is 8.36. The highest BCUT2D eigenvalue weighted by atomic mass is 16.5. The van der Waals surface area contributed by atoms with Crippen molar-refractivity contribution in [1.82, 2.24) is 0 Å². The number of benzene rings is 1. The van der Waals surface area contributed by atoms with E-state index < -0.39 is 0 Å². The number of hydrogen-bond acceptors (Lipinski definition) is 2. The Bertz CT molecular complexity index is 273. The summed E-state index contributed by atoms with van der Waals surface area (Å²) in [4.78, 5) is 0. The van der Waals surface area contributed by atoms with Gasteiger partial charge in [-0.05, 0) is 24.9 Å². The summed E-state index contributed by atoms with van der Waals surface area (Å²) in [5, 5.41) is 0. The van der Waals surface area contributed by atoms with Gasteiger partial charge in [-0.25, -0.2) is 0 Å². The standard InChI is InChI=1S/C12H17NO/c13-9-11-7-4-8-14-12(11)10-5-2-1-3-6-10/h1-3,5-6,11-12H,4,7-9,13H2/t11-,12-/m1/s1. The van der Waals surface area contributed by atoms with E-state index in [-0.39, 0.29) is 6.10 Å². The fourth-order valence-electron chi connectivity index (χ4n) is 2.10. The smallest absolute Gasteiger partial charge is 0.0865 e. The first-order valence-electron chi connectivity index (χ1n) is 5.28. The molecule has 1 aromatic carbocycles. The lowest BCUT2D eigenvalue weighted by atomic mass is 9.90. The van der Waals surface area contributed by atoms with Crippen LogP contribution in [0.2, 0.25) is 0 Å². The Balaban J connectivity index is 2.15. The average Bonchev–Trinajstić information content (AvgIpc) is 2.30. The number of rotatable bonds is 2. The van der Waals surface area contributed by atoms with Crippen LogP contribution in [0.15, 0.2) is 30.3 Å². The molecule has 1 saturated heterocycles. The van der Waals surface area contributed by atoms with E-state index in [2.05, 4.69) is 24.3 Å². The van der Waals surface area contributed by atoms with E-state index >= 15 is 0 Å². The van der Waals surface area contributed by atoms with Gasteiger partial charge in [0.1, 0.15) is 0 Å². The molecule has 2 N–H and O–H groups in total. The number of ether oxygens (including phenoxy) is 1. The Morgan fingerprint density at radius 2 is 2.07 bits per heavy atom. The third-order valence-corrected chi connectivity index (χ3v) is 2.88. The summed E-state index contributed by atoms with van der Waals surface area (Å²) in [5.41, 5.74) is 7.02. The highest BCUT2D eigenvalue weighted by Gasteiger charge is 2.25. The first-order chi connectivity index (χ1) is 6.92. The summed E-state index contributed by atoms with van der Waals surface area (Å²) in [6.07, 6.45) is 2.55. The zero-order chi connectivity index (χ0) is 9.80. The summed E-state index contributed by atoms with van der Waals surface area (Å²) >= 11 is 0. The Hall–Kier alpha value is -0.860. The lowest BCUT2D eigenvalue weighted by molar-refractivity contribution is -0.0251. The Morgan fingerprint density at radius 1 is 1.29 bits per heavy atom. The molecule has 76 valence electrons. The number of nitrogens with two attached hydrogens (primary N) is 1. The van der Waals surface area contributed by atoms with Crippen LogP contribution in [-0.2, 0) is 4.74 Å². The van der Waals surface area contributed by atoms with Crippen LogP contribution < -0.4 is 5.73 Å². The molecule has 1 heterocycles. The van der Waals surface area contributed by atoms with Crippen molar-refractivity contribution in [3.05, 3.63) is 35.9 Å². The van der Waals surface area contributed by atoms with Gasteiger partial charge in [0.25, 0.3) is 0 Å². The highest BCUT2D eigenvalue weighted by molar-refractivity contribution is 5.18. The third kappa shape index (κ3) is 1.97. The maximum absolute atomic E-state index is 5.79. The van der Waals surface area contributed by atoms with Crippen LogP contribution >= 0.6 is 0 Å². The van der Waals surface area contributed by atoms with Gasteiger partial charge in [-0.1, -0.05) is 30.3 Å². The molecule has 0 bridgehead atoms. The van der Waals surface area contributed by atoms with E-state index in [1.807, 2.05) is 6.07 Å². The van der Waals surface area contributed by atoms with Crippen LogP contribution in [0.25, 0.3) is 0 Å². The van der Waals surface area contributed by atoms with Gasteiger partial charge < -0.3 is 10.5 Å². The van der Waals surface area contributed by atoms with Crippen LogP contribution in [0.5, 0.6) is 0 Å². The molecule has 0 aromatic heterocycles. The van der Waals surface area contributed by atoms with E-state index in [0.717, 1.165) is 19.6 Å². The first kappa shape index (κ1) is 9.69. The predicted octanol–water partition coefficient (Wildman–Crippen LogP) is 2.11. The van der Waals surface area contributed by atoms with E-state index in [9.17, 15) is 0 Å². The van der Waals surface area contributed by atoms with Gasteiger partial charge in [-0.3, -0.25) is 0 Å². The average molecular weight is 191 g/mol. The van der Waals surface area contributed by atoms with Crippen molar-refractivity contribution in [3.8, 4) is 0 Å². The molecular formula is C12H17NO. The third-order valence-electron chi connectivity index (χ3n) is 2.88. The molecule has 2 heteroatoms. The van der Waals surface area contributed by atoms with Crippen LogP contribution in [0.3, 0.4) is 0 Å². The molecule has 0 unspecified atom stereocenters. The Morgan fingerprint density at radius 3 is 2.79 bits per heavy atom. The number of hydrogen-bond donors (Lipinski definition) is 1. The van der Waals surface area contributed by atoms with E-state index in [4.69, 9.17) is 10.5 Å². The first-order valence-corrected chi connectivity index (χ1v) is 5.28. The van der Waals surface area contributed by atoms with Crippen molar-refractivity contribution in [2.45, 2.75) is 18.9 Å². The minimum absolute atomic E-state index is 0.218. The molecule has 1 aromatic rings. The van der Waals surface area contributed by atoms with Gasteiger partial charge in [0, 0.05) is 12.5 Å². The second kappa shape index (κ2) is 4.58. The molecule has 1 aliphatic rings. The van der Waals surface area contributed by atoms with Gasteiger partial charge >= 0.3 is 0 Å². The molecule has 1 fully saturated rings. The van der Waals surface area contributed by atoms with Crippen molar-refractivity contribution < 1.29 is 4.74 Å². The van der Waals surface area contributed by atoms with Crippen molar-refractivity contribution in [2.75, 3.05) is 13.2 Å². The molecule has 2 nitrogen and oxygen atoms in total. The van der Waals surface area contributed by atoms with Crippen LogP contribution in [0.1, 0.15) is 24.5 Å². The summed E-state index contributed by atoms with van der Waals surface area (Å²) in [5.74, 6) is 0.492. The molecule has 0 spiro atoms. The normalized spacial score (nSPS) is 27.5. The molecular weight excluding hydrogens is 174 g/mol. The molecule has 2 rings (SSSR count). The molecule has 0 saturated carbocycles. The van der Waals surface area contributed by atoms with Gasteiger partial charge in [-0.15, -0.1) is 0 Å². The molecule has 0 amide bonds. The van der Waals surface area contributed by atoms with Crippen LogP contribution in [0.4, 0.5) is 0 Å². The van der Waals surface area contributed by atoms with E-state index in [0.29, 0.717) is 5.92 Å². The largest absolute Gasteiger partial charge is 0.373 e.